The average Bonchev–Trinajstić information content (AvgIpc) is 2.95. The van der Waals surface area contributed by atoms with Crippen LogP contribution in [0, 0.1) is 5.82 Å². The van der Waals surface area contributed by atoms with E-state index in [0.29, 0.717) is 42.4 Å². The number of ether oxygens (including phenoxy) is 1. The number of fused-ring (bicyclic) bond motifs is 1. The molecule has 6 nitrogen and oxygen atoms in total. The normalized spacial score (nSPS) is 15.6. The van der Waals surface area contributed by atoms with Crippen molar-refractivity contribution in [3.8, 4) is 0 Å². The standard InChI is InChI=1S/C23H26ClFN2O4/c1-2-3-10-31-23(30)18-13-26-9-8-16-15(18)6-7-19(24)21(16)27-12-14-4-5-17(22(28)29)20(25)11-14/h4-7,11,18,26-27H,2-3,8-10,12-13H2,1H3,(H,28,29). The molecule has 0 aliphatic carbocycles. The van der Waals surface area contributed by atoms with Gasteiger partial charge in [0, 0.05) is 13.1 Å². The maximum absolute atomic E-state index is 14.0. The van der Waals surface area contributed by atoms with Gasteiger partial charge >= 0.3 is 11.9 Å². The van der Waals surface area contributed by atoms with Crippen molar-refractivity contribution in [2.45, 2.75) is 38.6 Å². The van der Waals surface area contributed by atoms with E-state index in [4.69, 9.17) is 21.4 Å². The van der Waals surface area contributed by atoms with Crippen molar-refractivity contribution in [3.05, 3.63) is 63.4 Å². The van der Waals surface area contributed by atoms with Gasteiger partial charge in [-0.3, -0.25) is 4.79 Å². The highest BCUT2D eigenvalue weighted by Gasteiger charge is 2.28. The number of carboxylic acids is 1. The number of unbranched alkanes of at least 4 members (excludes halogenated alkanes) is 1. The van der Waals surface area contributed by atoms with Gasteiger partial charge in [-0.25, -0.2) is 9.18 Å². The van der Waals surface area contributed by atoms with E-state index in [-0.39, 0.29) is 18.1 Å². The molecule has 1 aliphatic heterocycles. The summed E-state index contributed by atoms with van der Waals surface area (Å²) in [6.07, 6.45) is 2.44. The molecule has 166 valence electrons. The molecule has 8 heteroatoms. The minimum atomic E-state index is -1.31. The number of benzene rings is 2. The Kier molecular flexibility index (Phi) is 7.87. The number of halogens is 2. The van der Waals surface area contributed by atoms with Crippen LogP contribution in [0.1, 0.15) is 52.7 Å². The van der Waals surface area contributed by atoms with E-state index in [9.17, 15) is 14.0 Å². The van der Waals surface area contributed by atoms with Crippen molar-refractivity contribution in [2.24, 2.45) is 0 Å². The summed E-state index contributed by atoms with van der Waals surface area (Å²) < 4.78 is 19.5. The lowest BCUT2D eigenvalue weighted by atomic mass is 9.92. The first-order valence-corrected chi connectivity index (χ1v) is 10.7. The molecule has 0 saturated carbocycles. The summed E-state index contributed by atoms with van der Waals surface area (Å²) in [6, 6.07) is 7.61. The third kappa shape index (κ3) is 5.54. The number of hydrogen-bond donors (Lipinski definition) is 3. The van der Waals surface area contributed by atoms with Crippen LogP contribution in [-0.4, -0.2) is 36.7 Å². The summed E-state index contributed by atoms with van der Waals surface area (Å²) in [7, 11) is 0. The quantitative estimate of drug-likeness (QED) is 0.411. The van der Waals surface area contributed by atoms with Crippen LogP contribution in [0.15, 0.2) is 30.3 Å². The third-order valence-corrected chi connectivity index (χ3v) is 5.65. The summed E-state index contributed by atoms with van der Waals surface area (Å²) in [5, 5.41) is 16.0. The Morgan fingerprint density at radius 2 is 2.13 bits per heavy atom. The fraction of sp³-hybridized carbons (Fsp3) is 0.391. The lowest BCUT2D eigenvalue weighted by Gasteiger charge is -2.20. The zero-order valence-electron chi connectivity index (χ0n) is 17.3. The molecule has 2 aromatic rings. The van der Waals surface area contributed by atoms with Crippen LogP contribution in [0.25, 0.3) is 0 Å². The van der Waals surface area contributed by atoms with E-state index in [0.717, 1.165) is 24.0 Å². The molecule has 3 N–H and O–H groups in total. The number of hydrogen-bond acceptors (Lipinski definition) is 5. The molecule has 0 radical (unpaired) electrons. The molecule has 0 amide bonds. The predicted octanol–water partition coefficient (Wildman–Crippen LogP) is 4.36. The van der Waals surface area contributed by atoms with E-state index in [1.807, 2.05) is 13.0 Å². The lowest BCUT2D eigenvalue weighted by molar-refractivity contribution is -0.145. The van der Waals surface area contributed by atoms with Crippen molar-refractivity contribution in [1.82, 2.24) is 5.32 Å². The summed E-state index contributed by atoms with van der Waals surface area (Å²) in [5.74, 6) is -2.79. The molecule has 1 aliphatic rings. The number of aromatic carboxylic acids is 1. The van der Waals surface area contributed by atoms with Gasteiger partial charge in [-0.2, -0.15) is 0 Å². The number of carbonyl (C=O) groups is 2. The van der Waals surface area contributed by atoms with Crippen molar-refractivity contribution in [1.29, 1.82) is 0 Å². The molecule has 3 rings (SSSR count). The van der Waals surface area contributed by atoms with Crippen molar-refractivity contribution in [3.63, 3.8) is 0 Å². The topological polar surface area (TPSA) is 87.7 Å². The Labute approximate surface area is 185 Å². The average molecular weight is 449 g/mol. The first-order chi connectivity index (χ1) is 14.9. The summed E-state index contributed by atoms with van der Waals surface area (Å²) >= 11 is 6.46. The van der Waals surface area contributed by atoms with Crippen LogP contribution < -0.4 is 10.6 Å². The van der Waals surface area contributed by atoms with E-state index in [1.54, 1.807) is 12.1 Å². The highest BCUT2D eigenvalue weighted by Crippen LogP contribution is 2.35. The SMILES string of the molecule is CCCCOC(=O)C1CNCCc2c1ccc(Cl)c2NCc1ccc(C(=O)O)c(F)c1. The van der Waals surface area contributed by atoms with Crippen LogP contribution in [-0.2, 0) is 22.5 Å². The Morgan fingerprint density at radius 1 is 1.32 bits per heavy atom. The van der Waals surface area contributed by atoms with E-state index in [1.165, 1.54) is 12.1 Å². The predicted molar refractivity (Wildman–Crippen MR) is 117 cm³/mol. The fourth-order valence-electron chi connectivity index (χ4n) is 3.65. The van der Waals surface area contributed by atoms with Gasteiger partial charge in [0.1, 0.15) is 5.82 Å². The number of rotatable bonds is 8. The molecule has 1 heterocycles. The molecule has 0 aromatic heterocycles. The van der Waals surface area contributed by atoms with Gasteiger partial charge in [-0.15, -0.1) is 0 Å². The second-order valence-corrected chi connectivity index (χ2v) is 7.90. The summed E-state index contributed by atoms with van der Waals surface area (Å²) in [4.78, 5) is 23.7. The van der Waals surface area contributed by atoms with Crippen LogP contribution in [0.2, 0.25) is 5.02 Å². The third-order valence-electron chi connectivity index (χ3n) is 5.33. The summed E-state index contributed by atoms with van der Waals surface area (Å²) in [6.45, 7) is 3.87. The van der Waals surface area contributed by atoms with E-state index in [2.05, 4.69) is 10.6 Å². The summed E-state index contributed by atoms with van der Waals surface area (Å²) in [5.41, 5.74) is 2.70. The molecule has 0 bridgehead atoms. The van der Waals surface area contributed by atoms with E-state index < -0.39 is 17.7 Å². The number of nitrogens with one attached hydrogen (secondary N) is 2. The zero-order valence-corrected chi connectivity index (χ0v) is 18.1. The van der Waals surface area contributed by atoms with Crippen molar-refractivity contribution in [2.75, 3.05) is 25.0 Å². The Balaban J connectivity index is 1.83. The number of anilines is 1. The molecule has 0 spiro atoms. The van der Waals surface area contributed by atoms with Gasteiger partial charge in [0.25, 0.3) is 0 Å². The molecular weight excluding hydrogens is 423 g/mol. The Hall–Kier alpha value is -2.64. The molecule has 0 saturated heterocycles. The van der Waals surface area contributed by atoms with Crippen molar-refractivity contribution < 1.29 is 23.8 Å². The number of carboxylic acid groups (broad SMARTS) is 1. The van der Waals surface area contributed by atoms with Crippen molar-refractivity contribution >= 4 is 29.2 Å². The monoisotopic (exact) mass is 448 g/mol. The molecule has 2 aromatic carbocycles. The van der Waals surface area contributed by atoms with Gasteiger partial charge in [0.15, 0.2) is 0 Å². The Bertz CT molecular complexity index is 967. The van der Waals surface area contributed by atoms with Gasteiger partial charge < -0.3 is 20.5 Å². The number of esters is 1. The highest BCUT2D eigenvalue weighted by molar-refractivity contribution is 6.33. The number of carbonyl (C=O) groups excluding carboxylic acids is 1. The van der Waals surface area contributed by atoms with Crippen LogP contribution >= 0.6 is 11.6 Å². The highest BCUT2D eigenvalue weighted by atomic mass is 35.5. The molecule has 1 atom stereocenters. The zero-order chi connectivity index (χ0) is 22.4. The van der Waals surface area contributed by atoms with Gasteiger partial charge in [0.05, 0.1) is 28.8 Å². The maximum Gasteiger partial charge on any atom is 0.338 e. The minimum absolute atomic E-state index is 0.256. The molecule has 1 unspecified atom stereocenters. The molecule has 31 heavy (non-hydrogen) atoms. The Morgan fingerprint density at radius 3 is 2.84 bits per heavy atom. The largest absolute Gasteiger partial charge is 0.478 e. The van der Waals surface area contributed by atoms with Gasteiger partial charge in [-0.05, 0) is 54.3 Å². The van der Waals surface area contributed by atoms with Crippen LogP contribution in [0.5, 0.6) is 0 Å². The molecule has 0 fully saturated rings. The minimum Gasteiger partial charge on any atom is -0.478 e. The molecular formula is C23H26ClFN2O4. The first-order valence-electron chi connectivity index (χ1n) is 10.4. The van der Waals surface area contributed by atoms with Gasteiger partial charge in [0.2, 0.25) is 0 Å². The maximum atomic E-state index is 14.0. The second-order valence-electron chi connectivity index (χ2n) is 7.49. The van der Waals surface area contributed by atoms with Gasteiger partial charge in [-0.1, -0.05) is 37.1 Å². The first kappa shape index (κ1) is 23.0. The lowest BCUT2D eigenvalue weighted by Crippen LogP contribution is -2.27. The van der Waals surface area contributed by atoms with E-state index >= 15 is 0 Å². The van der Waals surface area contributed by atoms with Crippen LogP contribution in [0.3, 0.4) is 0 Å². The van der Waals surface area contributed by atoms with Crippen LogP contribution in [0.4, 0.5) is 10.1 Å². The fourth-order valence-corrected chi connectivity index (χ4v) is 3.90. The second kappa shape index (κ2) is 10.6. The smallest absolute Gasteiger partial charge is 0.338 e.